The average Bonchev–Trinajstić information content (AvgIpc) is 2.82. The Kier molecular flexibility index (Phi) is 4.29. The zero-order valence-corrected chi connectivity index (χ0v) is 13.5. The van der Waals surface area contributed by atoms with Crippen LogP contribution < -0.4 is 10.1 Å². The largest absolute Gasteiger partial charge is 0.497 e. The first-order valence-electron chi connectivity index (χ1n) is 7.58. The topological polar surface area (TPSA) is 78.9 Å². The number of benzene rings is 1. The van der Waals surface area contributed by atoms with E-state index in [-0.39, 0.29) is 5.75 Å². The minimum atomic E-state index is -3.85. The molecule has 1 aromatic carbocycles. The third-order valence-corrected chi connectivity index (χ3v) is 5.38. The van der Waals surface area contributed by atoms with Crippen molar-refractivity contribution >= 4 is 15.8 Å². The molecule has 1 saturated heterocycles. The summed E-state index contributed by atoms with van der Waals surface area (Å²) in [6.07, 6.45) is 1.51. The van der Waals surface area contributed by atoms with Gasteiger partial charge in [0.1, 0.15) is 5.75 Å². The number of likely N-dealkylation sites (tertiary alicyclic amines) is 1. The molecule has 6 nitrogen and oxygen atoms in total. The molecule has 0 radical (unpaired) electrons. The molecule has 0 amide bonds. The van der Waals surface area contributed by atoms with Crippen LogP contribution in [0.3, 0.4) is 0 Å². The standard InChI is InChI=1S/C15H22N2O4S/c1-21-11-3-4-14-13(9-11)12-5-7-17(10-15(12)16-14)6-2-8-22(18,19)20/h3-4,9,12,15-16H,2,5-8,10H2,1H3,(H,18,19,20). The lowest BCUT2D eigenvalue weighted by Crippen LogP contribution is -2.44. The first kappa shape index (κ1) is 15.6. The predicted molar refractivity (Wildman–Crippen MR) is 85.2 cm³/mol. The SMILES string of the molecule is COc1ccc2c(c1)C1CCN(CCCS(=O)(=O)O)CC1N2. The average molecular weight is 326 g/mol. The normalized spacial score (nSPS) is 24.5. The molecule has 1 aromatic rings. The van der Waals surface area contributed by atoms with Crippen molar-refractivity contribution in [2.45, 2.75) is 24.8 Å². The monoisotopic (exact) mass is 326 g/mol. The van der Waals surface area contributed by atoms with Crippen LogP contribution in [0.4, 0.5) is 5.69 Å². The fourth-order valence-electron chi connectivity index (χ4n) is 3.52. The minimum Gasteiger partial charge on any atom is -0.497 e. The van der Waals surface area contributed by atoms with Crippen LogP contribution in [0, 0.1) is 0 Å². The Bertz CT molecular complexity index is 647. The Labute approximate surface area is 131 Å². The van der Waals surface area contributed by atoms with E-state index in [9.17, 15) is 8.42 Å². The highest BCUT2D eigenvalue weighted by Crippen LogP contribution is 2.42. The van der Waals surface area contributed by atoms with Crippen molar-refractivity contribution < 1.29 is 17.7 Å². The zero-order chi connectivity index (χ0) is 15.7. The quantitative estimate of drug-likeness (QED) is 0.800. The van der Waals surface area contributed by atoms with E-state index in [1.807, 2.05) is 6.07 Å². The van der Waals surface area contributed by atoms with Gasteiger partial charge in [0, 0.05) is 24.2 Å². The molecular formula is C15H22N2O4S. The van der Waals surface area contributed by atoms with E-state index >= 15 is 0 Å². The summed E-state index contributed by atoms with van der Waals surface area (Å²) in [5.74, 6) is 1.21. The first-order chi connectivity index (χ1) is 10.5. The van der Waals surface area contributed by atoms with E-state index in [2.05, 4.69) is 22.3 Å². The summed E-state index contributed by atoms with van der Waals surface area (Å²) in [6.45, 7) is 2.54. The Hall–Kier alpha value is -1.31. The van der Waals surface area contributed by atoms with Gasteiger partial charge < -0.3 is 15.0 Å². The second kappa shape index (κ2) is 6.06. The summed E-state index contributed by atoms with van der Waals surface area (Å²) < 4.78 is 35.7. The Morgan fingerprint density at radius 3 is 3.00 bits per heavy atom. The summed E-state index contributed by atoms with van der Waals surface area (Å²) in [7, 11) is -2.17. The summed E-state index contributed by atoms with van der Waals surface area (Å²) >= 11 is 0. The van der Waals surface area contributed by atoms with Crippen LogP contribution in [0.25, 0.3) is 0 Å². The smallest absolute Gasteiger partial charge is 0.264 e. The molecule has 0 spiro atoms. The van der Waals surface area contributed by atoms with Gasteiger partial charge in [0.25, 0.3) is 10.1 Å². The fraction of sp³-hybridized carbons (Fsp3) is 0.600. The molecule has 0 bridgehead atoms. The molecule has 2 atom stereocenters. The number of nitrogens with one attached hydrogen (secondary N) is 1. The number of ether oxygens (including phenoxy) is 1. The van der Waals surface area contributed by atoms with E-state index in [0.29, 0.717) is 24.9 Å². The maximum atomic E-state index is 10.8. The van der Waals surface area contributed by atoms with Crippen LogP contribution in [0.15, 0.2) is 18.2 Å². The lowest BCUT2D eigenvalue weighted by molar-refractivity contribution is 0.204. The van der Waals surface area contributed by atoms with Gasteiger partial charge in [-0.1, -0.05) is 0 Å². The molecule has 2 aliphatic rings. The second-order valence-electron chi connectivity index (χ2n) is 6.04. The van der Waals surface area contributed by atoms with E-state index in [0.717, 1.165) is 25.3 Å². The molecule has 2 aliphatic heterocycles. The molecule has 3 rings (SSSR count). The molecule has 0 aliphatic carbocycles. The molecule has 1 fully saturated rings. The Morgan fingerprint density at radius 1 is 1.45 bits per heavy atom. The van der Waals surface area contributed by atoms with Crippen molar-refractivity contribution in [3.63, 3.8) is 0 Å². The Morgan fingerprint density at radius 2 is 2.27 bits per heavy atom. The Balaban J connectivity index is 1.60. The van der Waals surface area contributed by atoms with Crippen LogP contribution in [-0.4, -0.2) is 56.4 Å². The highest BCUT2D eigenvalue weighted by atomic mass is 32.2. The number of hydrogen-bond acceptors (Lipinski definition) is 5. The molecule has 2 unspecified atom stereocenters. The molecule has 0 saturated carbocycles. The predicted octanol–water partition coefficient (Wildman–Crippen LogP) is 1.56. The molecule has 22 heavy (non-hydrogen) atoms. The van der Waals surface area contributed by atoms with Crippen LogP contribution in [0.1, 0.15) is 24.3 Å². The van der Waals surface area contributed by atoms with Gasteiger partial charge >= 0.3 is 0 Å². The number of hydrogen-bond donors (Lipinski definition) is 2. The van der Waals surface area contributed by atoms with E-state index in [1.54, 1.807) is 7.11 Å². The lowest BCUT2D eigenvalue weighted by Gasteiger charge is -2.35. The van der Waals surface area contributed by atoms with Gasteiger partial charge in [-0.25, -0.2) is 0 Å². The van der Waals surface area contributed by atoms with Crippen molar-refractivity contribution in [1.82, 2.24) is 4.90 Å². The minimum absolute atomic E-state index is 0.164. The summed E-state index contributed by atoms with van der Waals surface area (Å²) in [4.78, 5) is 2.27. The molecule has 2 N–H and O–H groups in total. The molecule has 7 heteroatoms. The second-order valence-corrected chi connectivity index (χ2v) is 7.61. The van der Waals surface area contributed by atoms with Gasteiger partial charge in [0.05, 0.1) is 12.9 Å². The van der Waals surface area contributed by atoms with Crippen LogP contribution in [0.5, 0.6) is 5.75 Å². The number of anilines is 1. The summed E-state index contributed by atoms with van der Waals surface area (Å²) in [5.41, 5.74) is 2.50. The number of rotatable bonds is 5. The van der Waals surface area contributed by atoms with Crippen molar-refractivity contribution in [1.29, 1.82) is 0 Å². The third-order valence-electron chi connectivity index (χ3n) is 4.57. The maximum absolute atomic E-state index is 10.8. The van der Waals surface area contributed by atoms with Gasteiger partial charge in [-0.2, -0.15) is 8.42 Å². The van der Waals surface area contributed by atoms with Crippen molar-refractivity contribution in [3.8, 4) is 5.75 Å². The number of piperidine rings is 1. The molecule has 2 heterocycles. The number of fused-ring (bicyclic) bond motifs is 3. The van der Waals surface area contributed by atoms with Gasteiger partial charge in [-0.05, 0) is 49.7 Å². The van der Waals surface area contributed by atoms with Gasteiger partial charge in [-0.3, -0.25) is 4.55 Å². The van der Waals surface area contributed by atoms with Gasteiger partial charge in [0.2, 0.25) is 0 Å². The van der Waals surface area contributed by atoms with E-state index in [4.69, 9.17) is 9.29 Å². The van der Waals surface area contributed by atoms with Crippen LogP contribution in [0.2, 0.25) is 0 Å². The van der Waals surface area contributed by atoms with E-state index < -0.39 is 10.1 Å². The molecular weight excluding hydrogens is 304 g/mol. The number of nitrogens with zero attached hydrogens (tertiary/aromatic N) is 1. The molecule has 0 aromatic heterocycles. The highest BCUT2D eigenvalue weighted by Gasteiger charge is 2.36. The molecule has 122 valence electrons. The highest BCUT2D eigenvalue weighted by molar-refractivity contribution is 7.85. The summed E-state index contributed by atoms with van der Waals surface area (Å²) in [6, 6.07) is 6.50. The van der Waals surface area contributed by atoms with Crippen molar-refractivity contribution in [2.24, 2.45) is 0 Å². The van der Waals surface area contributed by atoms with Crippen molar-refractivity contribution in [2.75, 3.05) is 37.8 Å². The van der Waals surface area contributed by atoms with Gasteiger partial charge in [0.15, 0.2) is 0 Å². The van der Waals surface area contributed by atoms with Crippen LogP contribution in [-0.2, 0) is 10.1 Å². The third kappa shape index (κ3) is 3.37. The first-order valence-corrected chi connectivity index (χ1v) is 9.19. The van der Waals surface area contributed by atoms with Gasteiger partial charge in [-0.15, -0.1) is 0 Å². The summed E-state index contributed by atoms with van der Waals surface area (Å²) in [5, 5.41) is 3.56. The maximum Gasteiger partial charge on any atom is 0.264 e. The van der Waals surface area contributed by atoms with Crippen LogP contribution >= 0.6 is 0 Å². The van der Waals surface area contributed by atoms with Crippen molar-refractivity contribution in [3.05, 3.63) is 23.8 Å². The van der Waals surface area contributed by atoms with E-state index in [1.165, 1.54) is 11.3 Å². The number of methoxy groups -OCH3 is 1. The lowest BCUT2D eigenvalue weighted by atomic mass is 9.88. The fourth-order valence-corrected chi connectivity index (χ4v) is 4.01. The zero-order valence-electron chi connectivity index (χ0n) is 12.7.